The lowest BCUT2D eigenvalue weighted by Gasteiger charge is -2.10. The summed E-state index contributed by atoms with van der Waals surface area (Å²) in [6, 6.07) is 5.19. The van der Waals surface area contributed by atoms with Gasteiger partial charge < -0.3 is 14.8 Å². The van der Waals surface area contributed by atoms with Gasteiger partial charge in [0.25, 0.3) is 0 Å². The summed E-state index contributed by atoms with van der Waals surface area (Å²) in [5.74, 6) is 1.09. The van der Waals surface area contributed by atoms with Crippen molar-refractivity contribution >= 4 is 11.6 Å². The van der Waals surface area contributed by atoms with E-state index in [-0.39, 0.29) is 12.3 Å². The fourth-order valence-corrected chi connectivity index (χ4v) is 1.11. The number of ether oxygens (including phenoxy) is 2. The van der Waals surface area contributed by atoms with Crippen molar-refractivity contribution in [3.8, 4) is 11.5 Å². The summed E-state index contributed by atoms with van der Waals surface area (Å²) >= 11 is 0. The molecule has 1 amide bonds. The molecule has 0 aliphatic carbocycles. The van der Waals surface area contributed by atoms with E-state index in [0.717, 1.165) is 0 Å². The van der Waals surface area contributed by atoms with Gasteiger partial charge in [-0.15, -0.1) is 0 Å². The Kier molecular flexibility index (Phi) is 3.97. The van der Waals surface area contributed by atoms with Crippen LogP contribution in [-0.2, 0) is 4.79 Å². The highest BCUT2D eigenvalue weighted by atomic mass is 16.5. The zero-order chi connectivity index (χ0) is 11.3. The van der Waals surface area contributed by atoms with E-state index < -0.39 is 0 Å². The van der Waals surface area contributed by atoms with Gasteiger partial charge in [0.1, 0.15) is 11.5 Å². The number of amides is 1. The van der Waals surface area contributed by atoms with Gasteiger partial charge in [-0.2, -0.15) is 0 Å². The minimum Gasteiger partial charge on any atom is -0.497 e. The van der Waals surface area contributed by atoms with Gasteiger partial charge in [-0.1, -0.05) is 0 Å². The number of methoxy groups -OCH3 is 2. The third-order valence-electron chi connectivity index (χ3n) is 1.91. The molecular formula is C11H14NO3. The Morgan fingerprint density at radius 2 is 2.13 bits per heavy atom. The summed E-state index contributed by atoms with van der Waals surface area (Å²) in [7, 11) is 3.11. The Balaban J connectivity index is 2.92. The second kappa shape index (κ2) is 5.24. The lowest BCUT2D eigenvalue weighted by Crippen LogP contribution is -2.10. The van der Waals surface area contributed by atoms with Gasteiger partial charge in [0.2, 0.25) is 5.91 Å². The lowest BCUT2D eigenvalue weighted by atomic mass is 10.2. The van der Waals surface area contributed by atoms with Crippen molar-refractivity contribution in [3.05, 3.63) is 25.1 Å². The molecule has 1 rings (SSSR count). The molecule has 0 unspecified atom stereocenters. The summed E-state index contributed by atoms with van der Waals surface area (Å²) in [6.45, 7) is 3.49. The summed E-state index contributed by atoms with van der Waals surface area (Å²) in [6.07, 6.45) is 0.190. The second-order valence-corrected chi connectivity index (χ2v) is 2.86. The van der Waals surface area contributed by atoms with Crippen molar-refractivity contribution in [3.63, 3.8) is 0 Å². The third kappa shape index (κ3) is 2.87. The molecule has 0 fully saturated rings. The van der Waals surface area contributed by atoms with Crippen molar-refractivity contribution in [1.82, 2.24) is 0 Å². The molecule has 1 N–H and O–H groups in total. The molecule has 0 saturated carbocycles. The van der Waals surface area contributed by atoms with E-state index in [2.05, 4.69) is 12.2 Å². The van der Waals surface area contributed by atoms with Gasteiger partial charge in [-0.05, 0) is 19.1 Å². The molecule has 0 heterocycles. The first-order chi connectivity index (χ1) is 7.21. The second-order valence-electron chi connectivity index (χ2n) is 2.86. The van der Waals surface area contributed by atoms with E-state index in [4.69, 9.17) is 9.47 Å². The van der Waals surface area contributed by atoms with E-state index in [9.17, 15) is 4.79 Å². The molecule has 1 aromatic carbocycles. The number of carbonyl (C=O) groups excluding carboxylic acids is 1. The van der Waals surface area contributed by atoms with Crippen LogP contribution in [0.1, 0.15) is 6.42 Å². The van der Waals surface area contributed by atoms with E-state index in [1.807, 2.05) is 0 Å². The van der Waals surface area contributed by atoms with Crippen LogP contribution < -0.4 is 14.8 Å². The highest BCUT2D eigenvalue weighted by molar-refractivity contribution is 5.92. The maximum Gasteiger partial charge on any atom is 0.224 e. The van der Waals surface area contributed by atoms with E-state index in [1.54, 1.807) is 25.3 Å². The molecule has 4 heteroatoms. The number of rotatable bonds is 4. The lowest BCUT2D eigenvalue weighted by molar-refractivity contribution is -0.115. The molecule has 0 saturated heterocycles. The Bertz CT molecular complexity index is 350. The first-order valence-corrected chi connectivity index (χ1v) is 4.52. The molecule has 0 aliphatic heterocycles. The number of hydrogen-bond donors (Lipinski definition) is 1. The molecule has 0 atom stereocenters. The van der Waals surface area contributed by atoms with Gasteiger partial charge in [0.05, 0.1) is 19.9 Å². The number of hydrogen-bond acceptors (Lipinski definition) is 3. The summed E-state index contributed by atoms with van der Waals surface area (Å²) in [5, 5.41) is 2.68. The van der Waals surface area contributed by atoms with Crippen LogP contribution in [0.15, 0.2) is 18.2 Å². The first kappa shape index (κ1) is 11.4. The van der Waals surface area contributed by atoms with Crippen LogP contribution >= 0.6 is 0 Å². The molecule has 1 radical (unpaired) electrons. The number of benzene rings is 1. The van der Waals surface area contributed by atoms with Crippen LogP contribution in [0.25, 0.3) is 0 Å². The molecular weight excluding hydrogens is 194 g/mol. The molecule has 15 heavy (non-hydrogen) atoms. The maximum atomic E-state index is 11.1. The maximum absolute atomic E-state index is 11.1. The number of nitrogens with one attached hydrogen (secondary N) is 1. The Hall–Kier alpha value is -1.71. The van der Waals surface area contributed by atoms with Gasteiger partial charge >= 0.3 is 0 Å². The van der Waals surface area contributed by atoms with Crippen molar-refractivity contribution in [2.45, 2.75) is 6.42 Å². The van der Waals surface area contributed by atoms with E-state index in [0.29, 0.717) is 17.2 Å². The van der Waals surface area contributed by atoms with Crippen LogP contribution in [0.3, 0.4) is 0 Å². The quantitative estimate of drug-likeness (QED) is 0.821. The molecule has 81 valence electrons. The topological polar surface area (TPSA) is 47.6 Å². The van der Waals surface area contributed by atoms with Crippen LogP contribution in [0.4, 0.5) is 5.69 Å². The Morgan fingerprint density at radius 1 is 1.40 bits per heavy atom. The van der Waals surface area contributed by atoms with Crippen LogP contribution in [-0.4, -0.2) is 20.1 Å². The van der Waals surface area contributed by atoms with Crippen molar-refractivity contribution < 1.29 is 14.3 Å². The van der Waals surface area contributed by atoms with Crippen molar-refractivity contribution in [2.24, 2.45) is 0 Å². The zero-order valence-electron chi connectivity index (χ0n) is 8.87. The zero-order valence-corrected chi connectivity index (χ0v) is 8.87. The third-order valence-corrected chi connectivity index (χ3v) is 1.91. The predicted molar refractivity (Wildman–Crippen MR) is 58.1 cm³/mol. The number of carbonyl (C=O) groups is 1. The standard InChI is InChI=1S/C11H14NO3/c1-4-11(13)12-9-6-5-8(14-2)7-10(9)15-3/h5-7H,1,4H2,2-3H3,(H,12,13). The summed E-state index contributed by atoms with van der Waals surface area (Å²) < 4.78 is 10.2. The monoisotopic (exact) mass is 208 g/mol. The highest BCUT2D eigenvalue weighted by Gasteiger charge is 2.06. The molecule has 0 aromatic heterocycles. The van der Waals surface area contributed by atoms with Gasteiger partial charge in [0, 0.05) is 12.5 Å². The normalized spacial score (nSPS) is 9.53. The predicted octanol–water partition coefficient (Wildman–Crippen LogP) is 1.87. The van der Waals surface area contributed by atoms with E-state index in [1.165, 1.54) is 7.11 Å². The minimum atomic E-state index is -0.154. The van der Waals surface area contributed by atoms with Gasteiger partial charge in [0.15, 0.2) is 0 Å². The van der Waals surface area contributed by atoms with E-state index >= 15 is 0 Å². The molecule has 0 bridgehead atoms. The van der Waals surface area contributed by atoms with Crippen LogP contribution in [0, 0.1) is 6.92 Å². The SMILES string of the molecule is [CH2]CC(=O)Nc1ccc(OC)cc1OC. The van der Waals surface area contributed by atoms with Crippen LogP contribution in [0.2, 0.25) is 0 Å². The van der Waals surface area contributed by atoms with Crippen LogP contribution in [0.5, 0.6) is 11.5 Å². The summed E-state index contributed by atoms with van der Waals surface area (Å²) in [4.78, 5) is 11.1. The smallest absolute Gasteiger partial charge is 0.224 e. The average Bonchev–Trinajstić information content (AvgIpc) is 2.29. The largest absolute Gasteiger partial charge is 0.497 e. The fraction of sp³-hybridized carbons (Fsp3) is 0.273. The summed E-state index contributed by atoms with van der Waals surface area (Å²) in [5.41, 5.74) is 0.618. The minimum absolute atomic E-state index is 0.154. The highest BCUT2D eigenvalue weighted by Crippen LogP contribution is 2.28. The number of anilines is 1. The average molecular weight is 208 g/mol. The fourth-order valence-electron chi connectivity index (χ4n) is 1.11. The molecule has 0 aliphatic rings. The van der Waals surface area contributed by atoms with Gasteiger partial charge in [-0.3, -0.25) is 4.79 Å². The van der Waals surface area contributed by atoms with Crippen molar-refractivity contribution in [2.75, 3.05) is 19.5 Å². The molecule has 1 aromatic rings. The van der Waals surface area contributed by atoms with Crippen molar-refractivity contribution in [1.29, 1.82) is 0 Å². The Labute approximate surface area is 89.2 Å². The molecule has 4 nitrogen and oxygen atoms in total. The molecule has 0 spiro atoms. The Morgan fingerprint density at radius 3 is 2.67 bits per heavy atom. The van der Waals surface area contributed by atoms with Gasteiger partial charge in [-0.25, -0.2) is 0 Å². The first-order valence-electron chi connectivity index (χ1n) is 4.52.